The second kappa shape index (κ2) is 7.24. The number of hydrogen-bond donors (Lipinski definition) is 2. The van der Waals surface area contributed by atoms with Crippen molar-refractivity contribution < 1.29 is 14.6 Å². The molecule has 1 atom stereocenters. The van der Waals surface area contributed by atoms with Crippen LogP contribution in [0.15, 0.2) is 24.3 Å². The van der Waals surface area contributed by atoms with Gasteiger partial charge in [0.15, 0.2) is 0 Å². The van der Waals surface area contributed by atoms with Crippen LogP contribution in [0.3, 0.4) is 0 Å². The number of aliphatic hydroxyl groups excluding tert-OH is 1. The number of rotatable bonds is 6. The van der Waals surface area contributed by atoms with Gasteiger partial charge in [0, 0.05) is 5.56 Å². The van der Waals surface area contributed by atoms with Gasteiger partial charge in [0.2, 0.25) is 5.91 Å². The molecule has 0 heterocycles. The number of hydrogen-bond acceptors (Lipinski definition) is 3. The van der Waals surface area contributed by atoms with Crippen LogP contribution in [0.5, 0.6) is 5.75 Å². The minimum Gasteiger partial charge on any atom is -0.491 e. The monoisotopic (exact) mass is 271 g/mol. The Bertz CT molecular complexity index is 396. The zero-order valence-corrected chi connectivity index (χ0v) is 11.3. The Morgan fingerprint density at radius 2 is 2.11 bits per heavy atom. The Kier molecular flexibility index (Phi) is 5.95. The lowest BCUT2D eigenvalue weighted by Crippen LogP contribution is -2.32. The van der Waals surface area contributed by atoms with Gasteiger partial charge in [-0.15, -0.1) is 11.6 Å². The average molecular weight is 272 g/mol. The van der Waals surface area contributed by atoms with E-state index < -0.39 is 6.04 Å². The fourth-order valence-corrected chi connectivity index (χ4v) is 1.66. The highest BCUT2D eigenvalue weighted by Crippen LogP contribution is 2.25. The molecule has 0 aromatic heterocycles. The van der Waals surface area contributed by atoms with Gasteiger partial charge >= 0.3 is 0 Å². The maximum atomic E-state index is 11.3. The zero-order valence-electron chi connectivity index (χ0n) is 10.5. The van der Waals surface area contributed by atoms with Gasteiger partial charge in [-0.05, 0) is 19.9 Å². The quantitative estimate of drug-likeness (QED) is 0.777. The molecule has 0 saturated carbocycles. The van der Waals surface area contributed by atoms with Crippen LogP contribution >= 0.6 is 11.6 Å². The van der Waals surface area contributed by atoms with Crippen molar-refractivity contribution >= 4 is 17.5 Å². The van der Waals surface area contributed by atoms with Crippen LogP contribution in [0.25, 0.3) is 0 Å². The van der Waals surface area contributed by atoms with Crippen LogP contribution in [0.4, 0.5) is 0 Å². The maximum Gasteiger partial charge on any atom is 0.235 e. The first-order valence-corrected chi connectivity index (χ1v) is 6.33. The summed E-state index contributed by atoms with van der Waals surface area (Å²) in [6, 6.07) is 6.79. The molecule has 1 aromatic carbocycles. The number of carbonyl (C=O) groups excluding carboxylic acids is 1. The Hall–Kier alpha value is -1.26. The SMILES string of the molecule is CC(C)Oc1ccccc1C(CO)NC(=O)CCl. The van der Waals surface area contributed by atoms with Crippen molar-refractivity contribution in [1.29, 1.82) is 0 Å². The first-order chi connectivity index (χ1) is 8.58. The van der Waals surface area contributed by atoms with E-state index in [1.54, 1.807) is 0 Å². The smallest absolute Gasteiger partial charge is 0.235 e. The van der Waals surface area contributed by atoms with E-state index in [0.717, 1.165) is 5.56 Å². The Morgan fingerprint density at radius 1 is 1.44 bits per heavy atom. The van der Waals surface area contributed by atoms with E-state index in [4.69, 9.17) is 16.3 Å². The summed E-state index contributed by atoms with van der Waals surface area (Å²) >= 11 is 5.44. The van der Waals surface area contributed by atoms with Gasteiger partial charge in [-0.2, -0.15) is 0 Å². The van der Waals surface area contributed by atoms with Gasteiger partial charge in [-0.1, -0.05) is 18.2 Å². The van der Waals surface area contributed by atoms with Crippen molar-refractivity contribution in [1.82, 2.24) is 5.32 Å². The van der Waals surface area contributed by atoms with Gasteiger partial charge in [0.1, 0.15) is 11.6 Å². The summed E-state index contributed by atoms with van der Waals surface area (Å²) in [7, 11) is 0. The minimum absolute atomic E-state index is 0.0224. The van der Waals surface area contributed by atoms with E-state index in [-0.39, 0.29) is 24.5 Å². The number of alkyl halides is 1. The second-order valence-corrected chi connectivity index (χ2v) is 4.41. The third-order valence-electron chi connectivity index (χ3n) is 2.30. The van der Waals surface area contributed by atoms with Crippen LogP contribution in [-0.2, 0) is 4.79 Å². The third kappa shape index (κ3) is 4.20. The minimum atomic E-state index is -0.508. The van der Waals surface area contributed by atoms with Gasteiger partial charge in [0.25, 0.3) is 0 Å². The predicted octanol–water partition coefficient (Wildman–Crippen LogP) is 1.86. The van der Waals surface area contributed by atoms with E-state index >= 15 is 0 Å². The average Bonchev–Trinajstić information content (AvgIpc) is 2.36. The molecule has 1 unspecified atom stereocenters. The summed E-state index contributed by atoms with van der Waals surface area (Å²) in [5, 5.41) is 12.0. The van der Waals surface area contributed by atoms with Crippen molar-refractivity contribution in [3.8, 4) is 5.75 Å². The predicted molar refractivity (Wildman–Crippen MR) is 70.9 cm³/mol. The van der Waals surface area contributed by atoms with Crippen LogP contribution in [0.2, 0.25) is 0 Å². The summed E-state index contributed by atoms with van der Waals surface area (Å²) in [6.45, 7) is 3.63. The van der Waals surface area contributed by atoms with Crippen LogP contribution < -0.4 is 10.1 Å². The van der Waals surface area contributed by atoms with Crippen molar-refractivity contribution in [2.75, 3.05) is 12.5 Å². The zero-order chi connectivity index (χ0) is 13.5. The lowest BCUT2D eigenvalue weighted by atomic mass is 10.1. The van der Waals surface area contributed by atoms with Crippen molar-refractivity contribution in [2.24, 2.45) is 0 Å². The van der Waals surface area contributed by atoms with E-state index in [2.05, 4.69) is 5.32 Å². The summed E-state index contributed by atoms with van der Waals surface area (Å²) in [5.41, 5.74) is 0.743. The summed E-state index contributed by atoms with van der Waals surface area (Å²) in [4.78, 5) is 11.3. The molecule has 18 heavy (non-hydrogen) atoms. The molecule has 0 bridgehead atoms. The van der Waals surface area contributed by atoms with E-state index in [9.17, 15) is 9.90 Å². The number of aliphatic hydroxyl groups is 1. The van der Waals surface area contributed by atoms with Crippen LogP contribution in [0.1, 0.15) is 25.5 Å². The number of halogens is 1. The number of ether oxygens (including phenoxy) is 1. The summed E-state index contributed by atoms with van der Waals surface area (Å²) in [5.74, 6) is 0.195. The van der Waals surface area contributed by atoms with Crippen LogP contribution in [-0.4, -0.2) is 29.6 Å². The molecular weight excluding hydrogens is 254 g/mol. The molecule has 100 valence electrons. The molecule has 1 rings (SSSR count). The molecular formula is C13H18ClNO3. The molecule has 0 fully saturated rings. The molecule has 0 aliphatic rings. The second-order valence-electron chi connectivity index (χ2n) is 4.14. The van der Waals surface area contributed by atoms with Crippen LogP contribution in [0, 0.1) is 0 Å². The standard InChI is InChI=1S/C13H18ClNO3/c1-9(2)18-12-6-4-3-5-10(12)11(8-16)15-13(17)7-14/h3-6,9,11,16H,7-8H2,1-2H3,(H,15,17). The fourth-order valence-electron chi connectivity index (χ4n) is 1.58. The first-order valence-electron chi connectivity index (χ1n) is 5.80. The van der Waals surface area contributed by atoms with E-state index in [1.165, 1.54) is 0 Å². The highest BCUT2D eigenvalue weighted by Gasteiger charge is 2.17. The molecule has 0 saturated heterocycles. The molecule has 0 radical (unpaired) electrons. The highest BCUT2D eigenvalue weighted by molar-refractivity contribution is 6.27. The number of amides is 1. The van der Waals surface area contributed by atoms with Crippen molar-refractivity contribution in [3.05, 3.63) is 29.8 Å². The highest BCUT2D eigenvalue weighted by atomic mass is 35.5. The van der Waals surface area contributed by atoms with E-state index in [1.807, 2.05) is 38.1 Å². The van der Waals surface area contributed by atoms with Gasteiger partial charge in [-0.25, -0.2) is 0 Å². The topological polar surface area (TPSA) is 58.6 Å². The van der Waals surface area contributed by atoms with E-state index in [0.29, 0.717) is 5.75 Å². The molecule has 1 amide bonds. The van der Waals surface area contributed by atoms with Gasteiger partial charge in [-0.3, -0.25) is 4.79 Å². The molecule has 0 aliphatic carbocycles. The maximum absolute atomic E-state index is 11.3. The number of nitrogens with one attached hydrogen (secondary N) is 1. The van der Waals surface area contributed by atoms with Gasteiger partial charge < -0.3 is 15.2 Å². The number of carbonyl (C=O) groups is 1. The Balaban J connectivity index is 2.93. The first kappa shape index (κ1) is 14.8. The Morgan fingerprint density at radius 3 is 2.67 bits per heavy atom. The van der Waals surface area contributed by atoms with Gasteiger partial charge in [0.05, 0.1) is 18.8 Å². The van der Waals surface area contributed by atoms with Crippen molar-refractivity contribution in [3.63, 3.8) is 0 Å². The molecule has 4 nitrogen and oxygen atoms in total. The summed E-state index contributed by atoms with van der Waals surface area (Å²) in [6.07, 6.45) is 0.0224. The molecule has 2 N–H and O–H groups in total. The summed E-state index contributed by atoms with van der Waals surface area (Å²) < 4.78 is 5.65. The molecule has 0 spiro atoms. The largest absolute Gasteiger partial charge is 0.491 e. The third-order valence-corrected chi connectivity index (χ3v) is 2.54. The molecule has 0 aliphatic heterocycles. The lowest BCUT2D eigenvalue weighted by molar-refractivity contribution is -0.119. The molecule has 1 aromatic rings. The fraction of sp³-hybridized carbons (Fsp3) is 0.462. The number of para-hydroxylation sites is 1. The normalized spacial score (nSPS) is 12.3. The lowest BCUT2D eigenvalue weighted by Gasteiger charge is -2.21. The van der Waals surface area contributed by atoms with Crippen molar-refractivity contribution in [2.45, 2.75) is 26.0 Å². The number of benzene rings is 1. The Labute approximate surface area is 112 Å². The molecule has 5 heteroatoms.